The Labute approximate surface area is 158 Å². The Morgan fingerprint density at radius 3 is 2.52 bits per heavy atom. The first-order valence-corrected chi connectivity index (χ1v) is 7.50. The molecule has 0 bridgehead atoms. The Morgan fingerprint density at radius 2 is 1.85 bits per heavy atom. The van der Waals surface area contributed by atoms with E-state index in [1.165, 1.54) is 0 Å². The molecule has 142 valence electrons. The molecule has 1 amide bonds. The highest BCUT2D eigenvalue weighted by Crippen LogP contribution is 2.25. The van der Waals surface area contributed by atoms with E-state index in [0.29, 0.717) is 17.1 Å². The van der Waals surface area contributed by atoms with Gasteiger partial charge in [0.05, 0.1) is 6.42 Å². The summed E-state index contributed by atoms with van der Waals surface area (Å²) >= 11 is 0. The first-order chi connectivity index (χ1) is 12.4. The fraction of sp³-hybridized carbons (Fsp3) is 0.118. The lowest BCUT2D eigenvalue weighted by atomic mass is 10.1. The van der Waals surface area contributed by atoms with E-state index < -0.39 is 29.5 Å². The minimum atomic E-state index is -0.998. The maximum absolute atomic E-state index is 14.3. The van der Waals surface area contributed by atoms with Crippen LogP contribution in [0.2, 0.25) is 0 Å². The molecule has 0 aliphatic carbocycles. The van der Waals surface area contributed by atoms with Crippen molar-refractivity contribution in [3.8, 4) is 17.1 Å². The van der Waals surface area contributed by atoms with Crippen molar-refractivity contribution in [3.63, 3.8) is 0 Å². The summed E-state index contributed by atoms with van der Waals surface area (Å²) in [5.41, 5.74) is 11.4. The lowest BCUT2D eigenvalue weighted by Crippen LogP contribution is -2.16. The highest BCUT2D eigenvalue weighted by atomic mass is 35.5. The number of amides is 1. The van der Waals surface area contributed by atoms with Crippen LogP contribution >= 0.6 is 12.4 Å². The third-order valence-electron chi connectivity index (χ3n) is 3.49. The number of ether oxygens (including phenoxy) is 1. The van der Waals surface area contributed by atoms with Crippen LogP contribution in [0.4, 0.5) is 14.5 Å². The Morgan fingerprint density at radius 1 is 1.15 bits per heavy atom. The number of aromatic nitrogens is 2. The van der Waals surface area contributed by atoms with Crippen molar-refractivity contribution in [2.75, 3.05) is 5.73 Å². The molecule has 10 heteroatoms. The predicted molar refractivity (Wildman–Crippen MR) is 95.0 cm³/mol. The molecule has 0 spiro atoms. The second-order valence-electron chi connectivity index (χ2n) is 5.40. The van der Waals surface area contributed by atoms with Crippen LogP contribution in [0.3, 0.4) is 0 Å². The molecule has 1 heterocycles. The molecule has 3 rings (SSSR count). The Kier molecular flexibility index (Phi) is 6.30. The number of nitrogen functional groups attached to an aromatic ring is 1. The van der Waals surface area contributed by atoms with E-state index in [-0.39, 0.29) is 30.7 Å². The highest BCUT2D eigenvalue weighted by Gasteiger charge is 2.17. The van der Waals surface area contributed by atoms with Crippen LogP contribution in [0.25, 0.3) is 11.4 Å². The van der Waals surface area contributed by atoms with Gasteiger partial charge in [0.1, 0.15) is 5.82 Å². The largest absolute Gasteiger partial charge is 0.481 e. The first-order valence-electron chi connectivity index (χ1n) is 7.50. The molecule has 1 aromatic heterocycles. The van der Waals surface area contributed by atoms with Gasteiger partial charge in [0, 0.05) is 16.8 Å². The van der Waals surface area contributed by atoms with E-state index in [0.717, 1.165) is 12.1 Å². The predicted octanol–water partition coefficient (Wildman–Crippen LogP) is 2.63. The van der Waals surface area contributed by atoms with E-state index in [4.69, 9.17) is 20.7 Å². The number of rotatable bonds is 6. The van der Waals surface area contributed by atoms with Gasteiger partial charge >= 0.3 is 0 Å². The standard InChI is InChI=1S/C17H14F2N4O3.ClH/c18-12-5-6-13(16(19)11(12)7-14(21)24)25-8-15-22-17(23-26-15)9-1-3-10(20)4-2-9;/h1-6H,7-8,20H2,(H2,21,24);1H. The van der Waals surface area contributed by atoms with Crippen molar-refractivity contribution in [3.05, 3.63) is 59.5 Å². The van der Waals surface area contributed by atoms with Crippen molar-refractivity contribution in [1.82, 2.24) is 10.1 Å². The lowest BCUT2D eigenvalue weighted by molar-refractivity contribution is -0.117. The summed E-state index contributed by atoms with van der Waals surface area (Å²) < 4.78 is 38.2. The van der Waals surface area contributed by atoms with E-state index in [1.54, 1.807) is 24.3 Å². The Hall–Kier alpha value is -3.20. The molecule has 0 saturated heterocycles. The topological polar surface area (TPSA) is 117 Å². The van der Waals surface area contributed by atoms with Crippen LogP contribution in [0.15, 0.2) is 40.9 Å². The molecule has 0 fully saturated rings. The second-order valence-corrected chi connectivity index (χ2v) is 5.40. The molecular formula is C17H15ClF2N4O3. The van der Waals surface area contributed by atoms with Crippen LogP contribution in [0, 0.1) is 11.6 Å². The Bertz CT molecular complexity index is 948. The second kappa shape index (κ2) is 8.45. The number of carbonyl (C=O) groups is 1. The quantitative estimate of drug-likeness (QED) is 0.618. The van der Waals surface area contributed by atoms with Crippen LogP contribution in [0.1, 0.15) is 11.5 Å². The fourth-order valence-electron chi connectivity index (χ4n) is 2.23. The number of benzene rings is 2. The van der Waals surface area contributed by atoms with Crippen LogP contribution in [0.5, 0.6) is 5.75 Å². The van der Waals surface area contributed by atoms with Gasteiger partial charge in [0.2, 0.25) is 11.7 Å². The van der Waals surface area contributed by atoms with Gasteiger partial charge in [0.25, 0.3) is 5.89 Å². The number of anilines is 1. The summed E-state index contributed by atoms with van der Waals surface area (Å²) in [6.45, 7) is -0.236. The van der Waals surface area contributed by atoms with Crippen LogP contribution in [-0.4, -0.2) is 16.0 Å². The normalized spacial score (nSPS) is 10.3. The zero-order valence-corrected chi connectivity index (χ0v) is 14.6. The molecule has 0 unspecified atom stereocenters. The number of nitrogens with zero attached hydrogens (tertiary/aromatic N) is 2. The molecular weight excluding hydrogens is 382 g/mol. The molecule has 3 aromatic rings. The lowest BCUT2D eigenvalue weighted by Gasteiger charge is -2.08. The Balaban J connectivity index is 0.00000261. The molecule has 7 nitrogen and oxygen atoms in total. The number of nitrogens with two attached hydrogens (primary N) is 2. The molecule has 0 radical (unpaired) electrons. The zero-order valence-electron chi connectivity index (χ0n) is 13.8. The average Bonchev–Trinajstić information content (AvgIpc) is 3.07. The summed E-state index contributed by atoms with van der Waals surface area (Å²) in [6.07, 6.45) is -0.573. The van der Waals surface area contributed by atoms with Gasteiger partial charge in [-0.3, -0.25) is 4.79 Å². The van der Waals surface area contributed by atoms with Gasteiger partial charge in [-0.15, -0.1) is 12.4 Å². The summed E-state index contributed by atoms with van der Waals surface area (Å²) in [6, 6.07) is 8.92. The monoisotopic (exact) mass is 396 g/mol. The molecule has 0 aliphatic heterocycles. The van der Waals surface area contributed by atoms with Gasteiger partial charge in [-0.05, 0) is 36.4 Å². The molecule has 0 saturated carbocycles. The molecule has 2 aromatic carbocycles. The zero-order chi connectivity index (χ0) is 18.7. The van der Waals surface area contributed by atoms with E-state index in [9.17, 15) is 13.6 Å². The minimum Gasteiger partial charge on any atom is -0.481 e. The van der Waals surface area contributed by atoms with Crippen LogP contribution in [-0.2, 0) is 17.8 Å². The third-order valence-corrected chi connectivity index (χ3v) is 3.49. The number of carbonyl (C=O) groups excluding carboxylic acids is 1. The summed E-state index contributed by atoms with van der Waals surface area (Å²) in [5.74, 6) is -2.58. The van der Waals surface area contributed by atoms with E-state index >= 15 is 0 Å². The van der Waals surface area contributed by atoms with Crippen molar-refractivity contribution in [1.29, 1.82) is 0 Å². The molecule has 0 aliphatic rings. The number of primary amides is 1. The minimum absolute atomic E-state index is 0. The van der Waals surface area contributed by atoms with E-state index in [1.807, 2.05) is 0 Å². The van der Waals surface area contributed by atoms with E-state index in [2.05, 4.69) is 10.1 Å². The fourth-order valence-corrected chi connectivity index (χ4v) is 2.23. The number of halogens is 3. The highest BCUT2D eigenvalue weighted by molar-refractivity contribution is 5.85. The molecule has 0 atom stereocenters. The van der Waals surface area contributed by atoms with Crippen molar-refractivity contribution >= 4 is 24.0 Å². The molecule has 27 heavy (non-hydrogen) atoms. The summed E-state index contributed by atoms with van der Waals surface area (Å²) in [4.78, 5) is 15.1. The maximum atomic E-state index is 14.3. The van der Waals surface area contributed by atoms with Crippen LogP contribution < -0.4 is 16.2 Å². The van der Waals surface area contributed by atoms with Crippen molar-refractivity contribution in [2.45, 2.75) is 13.0 Å². The SMILES string of the molecule is Cl.NC(=O)Cc1c(F)ccc(OCc2nc(-c3ccc(N)cc3)no2)c1F. The summed E-state index contributed by atoms with van der Waals surface area (Å²) in [5, 5.41) is 3.80. The average molecular weight is 397 g/mol. The smallest absolute Gasteiger partial charge is 0.264 e. The maximum Gasteiger partial charge on any atom is 0.264 e. The van der Waals surface area contributed by atoms with Crippen molar-refractivity contribution < 1.29 is 22.8 Å². The number of hydrogen-bond acceptors (Lipinski definition) is 6. The van der Waals surface area contributed by atoms with Gasteiger partial charge in [-0.1, -0.05) is 5.16 Å². The third kappa shape index (κ3) is 4.70. The van der Waals surface area contributed by atoms with Gasteiger partial charge < -0.3 is 20.7 Å². The number of hydrogen-bond donors (Lipinski definition) is 2. The molecule has 4 N–H and O–H groups in total. The van der Waals surface area contributed by atoms with Gasteiger partial charge in [-0.2, -0.15) is 4.98 Å². The summed E-state index contributed by atoms with van der Waals surface area (Å²) in [7, 11) is 0. The first kappa shape index (κ1) is 20.1. The van der Waals surface area contributed by atoms with Gasteiger partial charge in [0.15, 0.2) is 18.2 Å². The van der Waals surface area contributed by atoms with Crippen molar-refractivity contribution in [2.24, 2.45) is 5.73 Å². The van der Waals surface area contributed by atoms with Gasteiger partial charge in [-0.25, -0.2) is 8.78 Å².